The van der Waals surface area contributed by atoms with Gasteiger partial charge in [-0.2, -0.15) is 0 Å². The lowest BCUT2D eigenvalue weighted by Gasteiger charge is -2.29. The van der Waals surface area contributed by atoms with E-state index < -0.39 is 0 Å². The zero-order valence-corrected chi connectivity index (χ0v) is 8.95. The van der Waals surface area contributed by atoms with Crippen LogP contribution < -0.4 is 10.5 Å². The third kappa shape index (κ3) is 1.30. The zero-order chi connectivity index (χ0) is 10.3. The number of para-hydroxylation sites is 1. The van der Waals surface area contributed by atoms with Crippen LogP contribution in [0.15, 0.2) is 24.3 Å². The molecule has 0 fully saturated rings. The maximum absolute atomic E-state index is 6.01. The molecule has 76 valence electrons. The van der Waals surface area contributed by atoms with Crippen molar-refractivity contribution in [3.05, 3.63) is 29.8 Å². The van der Waals surface area contributed by atoms with Gasteiger partial charge in [0, 0.05) is 17.5 Å². The number of nitrogens with two attached hydrogens (primary N) is 1. The van der Waals surface area contributed by atoms with Crippen molar-refractivity contribution < 1.29 is 4.74 Å². The summed E-state index contributed by atoms with van der Waals surface area (Å²) in [6, 6.07) is 8.28. The van der Waals surface area contributed by atoms with E-state index in [1.807, 2.05) is 25.1 Å². The lowest BCUT2D eigenvalue weighted by atomic mass is 9.82. The zero-order valence-electron chi connectivity index (χ0n) is 8.95. The number of fused-ring (bicyclic) bond motifs is 1. The summed E-state index contributed by atoms with van der Waals surface area (Å²) in [5.41, 5.74) is 7.07. The number of hydrogen-bond acceptors (Lipinski definition) is 2. The number of rotatable bonds is 1. The van der Waals surface area contributed by atoms with E-state index in [2.05, 4.69) is 19.9 Å². The van der Waals surface area contributed by atoms with Crippen molar-refractivity contribution in [2.45, 2.75) is 38.3 Å². The fourth-order valence-electron chi connectivity index (χ4n) is 2.47. The molecule has 0 radical (unpaired) electrons. The second-order valence-electron chi connectivity index (χ2n) is 4.58. The molecule has 0 amide bonds. The molecule has 2 heteroatoms. The molecule has 1 aromatic rings. The Balaban J connectivity index is 2.48. The minimum atomic E-state index is -0.183. The molecule has 0 bridgehead atoms. The average Bonchev–Trinajstić information content (AvgIpc) is 2.33. The molecule has 0 saturated heterocycles. The maximum atomic E-state index is 6.01. The monoisotopic (exact) mass is 191 g/mol. The second kappa shape index (κ2) is 2.99. The van der Waals surface area contributed by atoms with E-state index in [1.54, 1.807) is 0 Å². The Hall–Kier alpha value is -1.02. The number of ether oxygens (including phenoxy) is 1. The topological polar surface area (TPSA) is 35.2 Å². The first-order valence-electron chi connectivity index (χ1n) is 5.06. The molecular weight excluding hydrogens is 174 g/mol. The van der Waals surface area contributed by atoms with Gasteiger partial charge in [0.25, 0.3) is 0 Å². The highest BCUT2D eigenvalue weighted by Gasteiger charge is 2.42. The van der Waals surface area contributed by atoms with Gasteiger partial charge in [-0.1, -0.05) is 18.2 Å². The van der Waals surface area contributed by atoms with E-state index in [4.69, 9.17) is 10.5 Å². The minimum Gasteiger partial charge on any atom is -0.487 e. The highest BCUT2D eigenvalue weighted by Crippen LogP contribution is 2.45. The van der Waals surface area contributed by atoms with Crippen molar-refractivity contribution in [1.29, 1.82) is 0 Å². The van der Waals surface area contributed by atoms with Crippen molar-refractivity contribution in [3.63, 3.8) is 0 Å². The molecule has 2 N–H and O–H groups in total. The maximum Gasteiger partial charge on any atom is 0.123 e. The lowest BCUT2D eigenvalue weighted by molar-refractivity contribution is 0.102. The molecule has 2 nitrogen and oxygen atoms in total. The molecule has 0 spiro atoms. The molecule has 2 unspecified atom stereocenters. The van der Waals surface area contributed by atoms with E-state index in [0.717, 1.165) is 5.75 Å². The van der Waals surface area contributed by atoms with E-state index in [0.29, 0.717) is 5.92 Å². The summed E-state index contributed by atoms with van der Waals surface area (Å²) in [5, 5.41) is 0. The van der Waals surface area contributed by atoms with Crippen LogP contribution in [0, 0.1) is 0 Å². The highest BCUT2D eigenvalue weighted by atomic mass is 16.5. The Kier molecular flexibility index (Phi) is 2.04. The van der Waals surface area contributed by atoms with Gasteiger partial charge in [-0.15, -0.1) is 0 Å². The number of benzene rings is 1. The van der Waals surface area contributed by atoms with Crippen molar-refractivity contribution in [2.75, 3.05) is 0 Å². The molecular formula is C12H17NO. The smallest absolute Gasteiger partial charge is 0.123 e. The van der Waals surface area contributed by atoms with Crippen LogP contribution in [-0.2, 0) is 0 Å². The Bertz CT molecular complexity index is 344. The summed E-state index contributed by atoms with van der Waals surface area (Å²) < 4.78 is 5.89. The highest BCUT2D eigenvalue weighted by molar-refractivity contribution is 5.43. The molecule has 2 rings (SSSR count). The van der Waals surface area contributed by atoms with Crippen molar-refractivity contribution in [2.24, 2.45) is 5.73 Å². The molecule has 1 aliphatic heterocycles. The molecule has 2 atom stereocenters. The first-order chi connectivity index (χ1) is 6.52. The van der Waals surface area contributed by atoms with E-state index in [1.165, 1.54) is 5.56 Å². The van der Waals surface area contributed by atoms with Crippen LogP contribution >= 0.6 is 0 Å². The van der Waals surface area contributed by atoms with Gasteiger partial charge in [0.2, 0.25) is 0 Å². The molecule has 1 aromatic carbocycles. The van der Waals surface area contributed by atoms with Crippen LogP contribution in [0.3, 0.4) is 0 Å². The summed E-state index contributed by atoms with van der Waals surface area (Å²) in [4.78, 5) is 0. The average molecular weight is 191 g/mol. The van der Waals surface area contributed by atoms with Crippen LogP contribution in [0.5, 0.6) is 5.75 Å². The summed E-state index contributed by atoms with van der Waals surface area (Å²) >= 11 is 0. The van der Waals surface area contributed by atoms with Crippen molar-refractivity contribution >= 4 is 0 Å². The summed E-state index contributed by atoms with van der Waals surface area (Å²) in [7, 11) is 0. The fourth-order valence-corrected chi connectivity index (χ4v) is 2.47. The molecule has 1 aliphatic rings. The van der Waals surface area contributed by atoms with E-state index >= 15 is 0 Å². The van der Waals surface area contributed by atoms with Gasteiger partial charge in [0.15, 0.2) is 0 Å². The quantitative estimate of drug-likeness (QED) is 0.739. The number of hydrogen-bond donors (Lipinski definition) is 1. The SMILES string of the molecule is CC(N)C1c2ccccc2OC1(C)C. The van der Waals surface area contributed by atoms with Gasteiger partial charge < -0.3 is 10.5 Å². The predicted molar refractivity (Wildman–Crippen MR) is 57.5 cm³/mol. The Labute approximate surface area is 85.1 Å². The van der Waals surface area contributed by atoms with Crippen LogP contribution in [0.2, 0.25) is 0 Å². The third-order valence-electron chi connectivity index (χ3n) is 2.90. The van der Waals surface area contributed by atoms with Gasteiger partial charge >= 0.3 is 0 Å². The van der Waals surface area contributed by atoms with Gasteiger partial charge in [-0.25, -0.2) is 0 Å². The first-order valence-corrected chi connectivity index (χ1v) is 5.06. The Morgan fingerprint density at radius 1 is 1.36 bits per heavy atom. The van der Waals surface area contributed by atoms with E-state index in [9.17, 15) is 0 Å². The van der Waals surface area contributed by atoms with Gasteiger partial charge in [0.05, 0.1) is 0 Å². The van der Waals surface area contributed by atoms with Crippen LogP contribution in [0.4, 0.5) is 0 Å². The van der Waals surface area contributed by atoms with Crippen LogP contribution in [0.1, 0.15) is 32.3 Å². The molecule has 0 aliphatic carbocycles. The summed E-state index contributed by atoms with van der Waals surface area (Å²) in [5.74, 6) is 1.28. The van der Waals surface area contributed by atoms with Crippen LogP contribution in [-0.4, -0.2) is 11.6 Å². The van der Waals surface area contributed by atoms with Crippen LogP contribution in [0.25, 0.3) is 0 Å². The van der Waals surface area contributed by atoms with Gasteiger partial charge in [-0.3, -0.25) is 0 Å². The Morgan fingerprint density at radius 2 is 2.00 bits per heavy atom. The third-order valence-corrected chi connectivity index (χ3v) is 2.90. The summed E-state index contributed by atoms with van der Waals surface area (Å²) in [6.45, 7) is 6.24. The van der Waals surface area contributed by atoms with Crippen molar-refractivity contribution in [3.8, 4) is 5.75 Å². The standard InChI is InChI=1S/C12H17NO/c1-8(13)11-9-6-4-5-7-10(9)14-12(11,2)3/h4-8,11H,13H2,1-3H3. The predicted octanol–water partition coefficient (Wildman–Crippen LogP) is 2.29. The molecule has 14 heavy (non-hydrogen) atoms. The largest absolute Gasteiger partial charge is 0.487 e. The molecule has 0 aromatic heterocycles. The van der Waals surface area contributed by atoms with Gasteiger partial charge in [-0.05, 0) is 26.8 Å². The second-order valence-corrected chi connectivity index (χ2v) is 4.58. The summed E-state index contributed by atoms with van der Waals surface area (Å²) in [6.07, 6.45) is 0. The van der Waals surface area contributed by atoms with E-state index in [-0.39, 0.29) is 11.6 Å². The fraction of sp³-hybridized carbons (Fsp3) is 0.500. The molecule has 1 heterocycles. The molecule has 0 saturated carbocycles. The normalized spacial score (nSPS) is 25.3. The van der Waals surface area contributed by atoms with Gasteiger partial charge in [0.1, 0.15) is 11.4 Å². The minimum absolute atomic E-state index is 0.119. The first kappa shape index (κ1) is 9.53. The van der Waals surface area contributed by atoms with Crippen molar-refractivity contribution in [1.82, 2.24) is 0 Å². The lowest BCUT2D eigenvalue weighted by Crippen LogP contribution is -2.40. The Morgan fingerprint density at radius 3 is 2.64 bits per heavy atom.